The van der Waals surface area contributed by atoms with Crippen molar-refractivity contribution in [2.24, 2.45) is 0 Å². The number of nitrogens with zero attached hydrogens (tertiary/aromatic N) is 3. The van der Waals surface area contributed by atoms with Crippen LogP contribution in [-0.2, 0) is 0 Å². The van der Waals surface area contributed by atoms with Crippen molar-refractivity contribution in [2.75, 3.05) is 18.0 Å². The molecular formula is C11H11N3OS. The Balaban J connectivity index is 1.55. The molecule has 0 aliphatic carbocycles. The van der Waals surface area contributed by atoms with Crippen LogP contribution in [0.3, 0.4) is 0 Å². The molecule has 5 heteroatoms. The van der Waals surface area contributed by atoms with Crippen LogP contribution in [-0.4, -0.2) is 29.2 Å². The van der Waals surface area contributed by atoms with Gasteiger partial charge in [0.2, 0.25) is 0 Å². The van der Waals surface area contributed by atoms with E-state index in [9.17, 15) is 0 Å². The van der Waals surface area contributed by atoms with E-state index in [0.29, 0.717) is 0 Å². The highest BCUT2D eigenvalue weighted by Gasteiger charge is 2.29. The van der Waals surface area contributed by atoms with Crippen LogP contribution in [0, 0.1) is 0 Å². The minimum atomic E-state index is 0.244. The molecule has 4 nitrogen and oxygen atoms in total. The normalized spacial score (nSPS) is 15.9. The van der Waals surface area contributed by atoms with Gasteiger partial charge in [0.25, 0.3) is 5.19 Å². The molecule has 1 aliphatic rings. The van der Waals surface area contributed by atoms with Gasteiger partial charge in [-0.2, -0.15) is 0 Å². The standard InChI is InChI=1S/C11H11N3OS/c1-2-4-12-10(3-1)14-7-9(8-14)15-11-13-5-6-16-11/h1-6,9H,7-8H2. The lowest BCUT2D eigenvalue weighted by atomic mass is 10.1. The van der Waals surface area contributed by atoms with Gasteiger partial charge >= 0.3 is 0 Å². The highest BCUT2D eigenvalue weighted by molar-refractivity contribution is 7.11. The van der Waals surface area contributed by atoms with E-state index in [0.717, 1.165) is 24.1 Å². The first-order valence-corrected chi connectivity index (χ1v) is 6.02. The van der Waals surface area contributed by atoms with Crippen molar-refractivity contribution in [2.45, 2.75) is 6.10 Å². The Morgan fingerprint density at radius 1 is 1.25 bits per heavy atom. The SMILES string of the molecule is c1ccc(N2CC(Oc3nccs3)C2)nc1. The number of anilines is 1. The minimum Gasteiger partial charge on any atom is -0.463 e. The van der Waals surface area contributed by atoms with Gasteiger partial charge in [-0.25, -0.2) is 9.97 Å². The Hall–Kier alpha value is -1.62. The average Bonchev–Trinajstić information content (AvgIpc) is 2.77. The maximum absolute atomic E-state index is 5.68. The van der Waals surface area contributed by atoms with Crippen molar-refractivity contribution >= 4 is 17.2 Å². The fourth-order valence-electron chi connectivity index (χ4n) is 1.65. The van der Waals surface area contributed by atoms with Crippen LogP contribution in [0.4, 0.5) is 5.82 Å². The Morgan fingerprint density at radius 3 is 2.88 bits per heavy atom. The van der Waals surface area contributed by atoms with Crippen molar-refractivity contribution in [3.63, 3.8) is 0 Å². The fourth-order valence-corrected chi connectivity index (χ4v) is 2.20. The summed E-state index contributed by atoms with van der Waals surface area (Å²) >= 11 is 1.53. The Kier molecular flexibility index (Phi) is 2.46. The van der Waals surface area contributed by atoms with Crippen LogP contribution in [0.1, 0.15) is 0 Å². The predicted octanol–water partition coefficient (Wildman–Crippen LogP) is 1.81. The quantitative estimate of drug-likeness (QED) is 0.810. The van der Waals surface area contributed by atoms with E-state index in [4.69, 9.17) is 4.74 Å². The van der Waals surface area contributed by atoms with Crippen LogP contribution in [0.15, 0.2) is 36.0 Å². The number of ether oxygens (including phenoxy) is 1. The lowest BCUT2D eigenvalue weighted by molar-refractivity contribution is 0.166. The number of aromatic nitrogens is 2. The van der Waals surface area contributed by atoms with Gasteiger partial charge in [-0.15, -0.1) is 0 Å². The molecule has 3 heterocycles. The highest BCUT2D eigenvalue weighted by Crippen LogP contribution is 2.23. The van der Waals surface area contributed by atoms with Crippen LogP contribution in [0.25, 0.3) is 0 Å². The zero-order chi connectivity index (χ0) is 10.8. The zero-order valence-electron chi connectivity index (χ0n) is 8.61. The van der Waals surface area contributed by atoms with Gasteiger partial charge < -0.3 is 9.64 Å². The topological polar surface area (TPSA) is 38.2 Å². The Bertz CT molecular complexity index is 440. The lowest BCUT2D eigenvalue weighted by Gasteiger charge is -2.39. The van der Waals surface area contributed by atoms with E-state index in [1.165, 1.54) is 11.3 Å². The first kappa shape index (κ1) is 9.59. The third kappa shape index (κ3) is 1.86. The summed E-state index contributed by atoms with van der Waals surface area (Å²) < 4.78 is 5.68. The van der Waals surface area contributed by atoms with Crippen LogP contribution < -0.4 is 9.64 Å². The molecule has 3 rings (SSSR count). The van der Waals surface area contributed by atoms with E-state index in [1.807, 2.05) is 29.8 Å². The molecule has 0 spiro atoms. The number of hydrogen-bond acceptors (Lipinski definition) is 5. The summed E-state index contributed by atoms with van der Waals surface area (Å²) in [7, 11) is 0. The number of rotatable bonds is 3. The lowest BCUT2D eigenvalue weighted by Crippen LogP contribution is -2.54. The van der Waals surface area contributed by atoms with E-state index >= 15 is 0 Å². The van der Waals surface area contributed by atoms with Gasteiger partial charge in [0.05, 0.1) is 13.1 Å². The molecule has 0 atom stereocenters. The third-order valence-corrected chi connectivity index (χ3v) is 3.16. The third-order valence-electron chi connectivity index (χ3n) is 2.50. The molecule has 0 radical (unpaired) electrons. The minimum absolute atomic E-state index is 0.244. The summed E-state index contributed by atoms with van der Waals surface area (Å²) in [5, 5.41) is 2.68. The Morgan fingerprint density at radius 2 is 2.19 bits per heavy atom. The molecule has 1 aliphatic heterocycles. The molecule has 1 fully saturated rings. The summed E-state index contributed by atoms with van der Waals surface area (Å²) in [4.78, 5) is 10.6. The molecule has 0 aromatic carbocycles. The second-order valence-corrected chi connectivity index (χ2v) is 4.49. The summed E-state index contributed by atoms with van der Waals surface area (Å²) in [6.07, 6.45) is 3.81. The first-order valence-electron chi connectivity index (χ1n) is 5.14. The second kappa shape index (κ2) is 4.09. The first-order chi connectivity index (χ1) is 7.92. The Labute approximate surface area is 97.5 Å². The number of pyridine rings is 1. The molecule has 82 valence electrons. The van der Waals surface area contributed by atoms with Crippen molar-refractivity contribution in [1.82, 2.24) is 9.97 Å². The smallest absolute Gasteiger partial charge is 0.273 e. The molecule has 0 N–H and O–H groups in total. The summed E-state index contributed by atoms with van der Waals surface area (Å²) in [5.41, 5.74) is 0. The summed E-state index contributed by atoms with van der Waals surface area (Å²) in [6, 6.07) is 5.93. The highest BCUT2D eigenvalue weighted by atomic mass is 32.1. The van der Waals surface area contributed by atoms with Crippen molar-refractivity contribution in [1.29, 1.82) is 0 Å². The van der Waals surface area contributed by atoms with Gasteiger partial charge in [0, 0.05) is 17.8 Å². The fraction of sp³-hybridized carbons (Fsp3) is 0.273. The van der Waals surface area contributed by atoms with Crippen molar-refractivity contribution in [3.8, 4) is 5.19 Å². The molecule has 0 unspecified atom stereocenters. The van der Waals surface area contributed by atoms with E-state index < -0.39 is 0 Å². The zero-order valence-corrected chi connectivity index (χ0v) is 9.43. The second-order valence-electron chi connectivity index (χ2n) is 3.63. The summed E-state index contributed by atoms with van der Waals surface area (Å²) in [6.45, 7) is 1.77. The van der Waals surface area contributed by atoms with Crippen molar-refractivity contribution in [3.05, 3.63) is 36.0 Å². The van der Waals surface area contributed by atoms with Gasteiger partial charge in [-0.3, -0.25) is 0 Å². The van der Waals surface area contributed by atoms with Gasteiger partial charge in [0.1, 0.15) is 11.9 Å². The van der Waals surface area contributed by atoms with E-state index in [-0.39, 0.29) is 6.10 Å². The van der Waals surface area contributed by atoms with E-state index in [2.05, 4.69) is 14.9 Å². The molecule has 0 amide bonds. The largest absolute Gasteiger partial charge is 0.463 e. The predicted molar refractivity (Wildman–Crippen MR) is 63.0 cm³/mol. The van der Waals surface area contributed by atoms with Gasteiger partial charge in [0.15, 0.2) is 0 Å². The molecule has 2 aromatic heterocycles. The average molecular weight is 233 g/mol. The molecule has 16 heavy (non-hydrogen) atoms. The maximum Gasteiger partial charge on any atom is 0.273 e. The molecule has 0 bridgehead atoms. The number of hydrogen-bond donors (Lipinski definition) is 0. The summed E-state index contributed by atoms with van der Waals surface area (Å²) in [5.74, 6) is 1.02. The van der Waals surface area contributed by atoms with Gasteiger partial charge in [-0.1, -0.05) is 17.4 Å². The monoisotopic (exact) mass is 233 g/mol. The van der Waals surface area contributed by atoms with Crippen LogP contribution >= 0.6 is 11.3 Å². The molecular weight excluding hydrogens is 222 g/mol. The van der Waals surface area contributed by atoms with Gasteiger partial charge in [-0.05, 0) is 12.1 Å². The number of thiazole rings is 1. The van der Waals surface area contributed by atoms with Crippen LogP contribution in [0.5, 0.6) is 5.19 Å². The van der Waals surface area contributed by atoms with Crippen molar-refractivity contribution < 1.29 is 4.74 Å². The molecule has 1 saturated heterocycles. The molecule has 0 saturated carbocycles. The van der Waals surface area contributed by atoms with Crippen LogP contribution in [0.2, 0.25) is 0 Å². The maximum atomic E-state index is 5.68. The van der Waals surface area contributed by atoms with E-state index in [1.54, 1.807) is 6.20 Å². The molecule has 2 aromatic rings.